The Labute approximate surface area is 280 Å². The number of rotatable bonds is 18. The highest BCUT2D eigenvalue weighted by Crippen LogP contribution is 2.51. The summed E-state index contributed by atoms with van der Waals surface area (Å²) in [5, 5.41) is 19.1. The fourth-order valence-corrected chi connectivity index (χ4v) is 8.49. The molecule has 1 fully saturated rings. The zero-order valence-electron chi connectivity index (χ0n) is 28.4. The number of amides is 3. The van der Waals surface area contributed by atoms with E-state index in [1.165, 1.54) is 6.42 Å². The predicted molar refractivity (Wildman–Crippen MR) is 184 cm³/mol. The highest BCUT2D eigenvalue weighted by Gasteiger charge is 2.33. The van der Waals surface area contributed by atoms with Crippen molar-refractivity contribution < 1.29 is 33.3 Å². The lowest BCUT2D eigenvalue weighted by Gasteiger charge is -2.29. The zero-order chi connectivity index (χ0) is 34.2. The molecule has 2 aromatic rings. The van der Waals surface area contributed by atoms with Crippen molar-refractivity contribution in [3.8, 4) is 0 Å². The van der Waals surface area contributed by atoms with Crippen molar-refractivity contribution in [3.05, 3.63) is 71.8 Å². The zero-order valence-corrected chi connectivity index (χ0v) is 29.3. The third-order valence-electron chi connectivity index (χ3n) is 8.35. The summed E-state index contributed by atoms with van der Waals surface area (Å²) in [6, 6.07) is 16.9. The highest BCUT2D eigenvalue weighted by atomic mass is 31.2. The van der Waals surface area contributed by atoms with Gasteiger partial charge in [0.25, 0.3) is 0 Å². The Hall–Kier alpha value is -3.20. The molecule has 11 heteroatoms. The fraction of sp³-hybridized carbons (Fsp3) is 0.583. The first kappa shape index (κ1) is 38.2. The second-order valence-corrected chi connectivity index (χ2v) is 16.1. The maximum atomic E-state index is 14.1. The molecule has 3 rings (SSSR count). The van der Waals surface area contributed by atoms with Gasteiger partial charge in [0, 0.05) is 12.7 Å². The van der Waals surface area contributed by atoms with E-state index in [2.05, 4.69) is 16.0 Å². The van der Waals surface area contributed by atoms with Crippen molar-refractivity contribution >= 4 is 25.3 Å². The Morgan fingerprint density at radius 1 is 0.851 bits per heavy atom. The van der Waals surface area contributed by atoms with Crippen LogP contribution >= 0.6 is 7.37 Å². The first-order valence-electron chi connectivity index (χ1n) is 16.9. The molecule has 1 saturated carbocycles. The van der Waals surface area contributed by atoms with E-state index >= 15 is 0 Å². The van der Waals surface area contributed by atoms with Crippen LogP contribution in [0.5, 0.6) is 0 Å². The maximum absolute atomic E-state index is 14.1. The topological polar surface area (TPSA) is 143 Å². The smallest absolute Gasteiger partial charge is 0.408 e. The Bertz CT molecular complexity index is 1290. The van der Waals surface area contributed by atoms with Gasteiger partial charge in [0.15, 0.2) is 0 Å². The minimum atomic E-state index is -3.22. The highest BCUT2D eigenvalue weighted by molar-refractivity contribution is 7.59. The largest absolute Gasteiger partial charge is 0.445 e. The van der Waals surface area contributed by atoms with Crippen molar-refractivity contribution in [2.45, 2.75) is 97.6 Å². The van der Waals surface area contributed by atoms with Gasteiger partial charge in [-0.05, 0) is 48.1 Å². The second-order valence-electron chi connectivity index (χ2n) is 13.5. The van der Waals surface area contributed by atoms with Gasteiger partial charge in [-0.2, -0.15) is 0 Å². The monoisotopic (exact) mass is 671 g/mol. The third-order valence-corrected chi connectivity index (χ3v) is 11.0. The standard InChI is InChI=1S/C36H54N3O7P/c1-26(2)20-32(38-36(43)45-22-28-14-8-5-9-15-28)34(41)39-33(27(3)4)35(42)37-21-31(40)25-47(44,24-30-18-12-7-13-19-30)46-23-29-16-10-6-11-17-29/h5-6,8-11,14-17,26-27,30-33,40H,7,12-13,18-25H2,1-4H3,(H,37,42)(H,38,43)(H,39,41)/t31-,32+,33+,47?/m1/s1. The first-order valence-corrected chi connectivity index (χ1v) is 18.9. The third kappa shape index (κ3) is 14.2. The molecular weight excluding hydrogens is 617 g/mol. The molecule has 3 amide bonds. The summed E-state index contributed by atoms with van der Waals surface area (Å²) < 4.78 is 25.4. The molecule has 1 aliphatic rings. The van der Waals surface area contributed by atoms with Gasteiger partial charge in [-0.15, -0.1) is 0 Å². The van der Waals surface area contributed by atoms with Crippen molar-refractivity contribution in [2.24, 2.45) is 17.8 Å². The van der Waals surface area contributed by atoms with E-state index < -0.39 is 43.5 Å². The molecule has 1 aliphatic carbocycles. The molecular formula is C36H54N3O7P. The number of aliphatic hydroxyl groups excluding tert-OH is 1. The first-order chi connectivity index (χ1) is 22.4. The summed E-state index contributed by atoms with van der Waals surface area (Å²) in [4.78, 5) is 39.2. The van der Waals surface area contributed by atoms with E-state index in [0.29, 0.717) is 12.6 Å². The minimum absolute atomic E-state index is 0.0624. The van der Waals surface area contributed by atoms with E-state index in [-0.39, 0.29) is 43.7 Å². The van der Waals surface area contributed by atoms with Crippen LogP contribution in [0.25, 0.3) is 0 Å². The SMILES string of the molecule is CC(C)C[C@H](NC(=O)OCc1ccccc1)C(=O)N[C@H](C(=O)NC[C@@H](O)CP(=O)(CC1CCCCC1)OCc1ccccc1)C(C)C. The lowest BCUT2D eigenvalue weighted by molar-refractivity contribution is -0.131. The van der Waals surface area contributed by atoms with E-state index in [1.807, 2.05) is 74.5 Å². The maximum Gasteiger partial charge on any atom is 0.408 e. The van der Waals surface area contributed by atoms with Crippen molar-refractivity contribution in [1.82, 2.24) is 16.0 Å². The molecule has 1 unspecified atom stereocenters. The van der Waals surface area contributed by atoms with Gasteiger partial charge in [-0.25, -0.2) is 4.79 Å². The van der Waals surface area contributed by atoms with Gasteiger partial charge in [-0.1, -0.05) is 108 Å². The van der Waals surface area contributed by atoms with Crippen molar-refractivity contribution in [3.63, 3.8) is 0 Å². The molecule has 0 saturated heterocycles. The van der Waals surface area contributed by atoms with Gasteiger partial charge in [-0.3, -0.25) is 14.2 Å². The number of alkyl carbamates (subject to hydrolysis) is 1. The quantitative estimate of drug-likeness (QED) is 0.142. The van der Waals surface area contributed by atoms with Gasteiger partial charge in [0.05, 0.1) is 18.9 Å². The molecule has 0 spiro atoms. The van der Waals surface area contributed by atoms with E-state index in [4.69, 9.17) is 9.26 Å². The lowest BCUT2D eigenvalue weighted by Crippen LogP contribution is -2.56. The van der Waals surface area contributed by atoms with Crippen molar-refractivity contribution in [2.75, 3.05) is 18.9 Å². The summed E-state index contributed by atoms with van der Waals surface area (Å²) in [5.74, 6) is -0.899. The number of benzene rings is 2. The molecule has 4 atom stereocenters. The number of carbonyl (C=O) groups is 3. The number of hydrogen-bond acceptors (Lipinski definition) is 7. The Kier molecular flexibility index (Phi) is 15.9. The van der Waals surface area contributed by atoms with Crippen LogP contribution < -0.4 is 16.0 Å². The number of aliphatic hydroxyl groups is 1. The molecule has 0 radical (unpaired) electrons. The Morgan fingerprint density at radius 3 is 2.02 bits per heavy atom. The Balaban J connectivity index is 1.57. The molecule has 260 valence electrons. The predicted octanol–water partition coefficient (Wildman–Crippen LogP) is 6.02. The van der Waals surface area contributed by atoms with E-state index in [0.717, 1.165) is 36.8 Å². The van der Waals surface area contributed by atoms with Crippen LogP contribution in [0.3, 0.4) is 0 Å². The number of carbonyl (C=O) groups excluding carboxylic acids is 3. The summed E-state index contributed by atoms with van der Waals surface area (Å²) in [7, 11) is -3.22. The van der Waals surface area contributed by atoms with Crippen LogP contribution in [0.2, 0.25) is 0 Å². The van der Waals surface area contributed by atoms with Crippen LogP contribution in [-0.4, -0.2) is 60.1 Å². The van der Waals surface area contributed by atoms with Crippen LogP contribution in [0.4, 0.5) is 4.79 Å². The normalized spacial score (nSPS) is 16.9. The Morgan fingerprint density at radius 2 is 1.45 bits per heavy atom. The molecule has 0 bridgehead atoms. The van der Waals surface area contributed by atoms with Crippen LogP contribution in [-0.2, 0) is 36.6 Å². The number of hydrogen-bond donors (Lipinski definition) is 4. The van der Waals surface area contributed by atoms with Crippen molar-refractivity contribution in [1.29, 1.82) is 0 Å². The van der Waals surface area contributed by atoms with Crippen LogP contribution in [0, 0.1) is 17.8 Å². The van der Waals surface area contributed by atoms with Gasteiger partial charge in [0.1, 0.15) is 18.7 Å². The molecule has 0 heterocycles. The van der Waals surface area contributed by atoms with Crippen LogP contribution in [0.1, 0.15) is 77.3 Å². The second kappa shape index (κ2) is 19.6. The molecule has 0 aromatic heterocycles. The van der Waals surface area contributed by atoms with Crippen LogP contribution in [0.15, 0.2) is 60.7 Å². The summed E-state index contributed by atoms with van der Waals surface area (Å²) in [6.07, 6.45) is 4.25. The fourth-order valence-electron chi connectivity index (χ4n) is 5.82. The number of ether oxygens (including phenoxy) is 1. The van der Waals surface area contributed by atoms with Gasteiger partial charge in [0.2, 0.25) is 19.2 Å². The molecule has 4 N–H and O–H groups in total. The van der Waals surface area contributed by atoms with E-state index in [1.54, 1.807) is 13.8 Å². The molecule has 2 aromatic carbocycles. The summed E-state index contributed by atoms with van der Waals surface area (Å²) in [6.45, 7) is 7.58. The summed E-state index contributed by atoms with van der Waals surface area (Å²) >= 11 is 0. The molecule has 10 nitrogen and oxygen atoms in total. The molecule has 47 heavy (non-hydrogen) atoms. The minimum Gasteiger partial charge on any atom is -0.445 e. The number of nitrogens with one attached hydrogen (secondary N) is 3. The molecule has 0 aliphatic heterocycles. The van der Waals surface area contributed by atoms with Gasteiger partial charge < -0.3 is 30.3 Å². The van der Waals surface area contributed by atoms with Gasteiger partial charge >= 0.3 is 6.09 Å². The average Bonchev–Trinajstić information content (AvgIpc) is 3.05. The average molecular weight is 672 g/mol. The lowest BCUT2D eigenvalue weighted by atomic mass is 9.91. The van der Waals surface area contributed by atoms with E-state index in [9.17, 15) is 24.1 Å². The summed E-state index contributed by atoms with van der Waals surface area (Å²) in [5.41, 5.74) is 1.73.